The van der Waals surface area contributed by atoms with Crippen LogP contribution in [-0.2, 0) is 6.42 Å². The first-order valence-electron chi connectivity index (χ1n) is 5.74. The largest absolute Gasteiger partial charge is 0.412 e. The summed E-state index contributed by atoms with van der Waals surface area (Å²) in [5, 5.41) is 2.41. The molecule has 88 valence electrons. The molecule has 1 aromatic carbocycles. The summed E-state index contributed by atoms with van der Waals surface area (Å²) in [6, 6.07) is 7.68. The molecule has 0 unspecified atom stereocenters. The Bertz CT molecular complexity index is 319. The molecule has 3 heteroatoms. The topological polar surface area (TPSA) is 38.3 Å². The van der Waals surface area contributed by atoms with Crippen molar-refractivity contribution in [2.45, 2.75) is 32.6 Å². The third-order valence-corrected chi connectivity index (χ3v) is 2.41. The zero-order valence-electron chi connectivity index (χ0n) is 9.95. The zero-order valence-corrected chi connectivity index (χ0v) is 9.95. The molecule has 0 radical (unpaired) electrons. The molecule has 0 bridgehead atoms. The summed E-state index contributed by atoms with van der Waals surface area (Å²) < 4.78 is 4.99. The van der Waals surface area contributed by atoms with Crippen molar-refractivity contribution in [3.05, 3.63) is 29.8 Å². The van der Waals surface area contributed by atoms with Gasteiger partial charge in [-0.15, -0.1) is 0 Å². The van der Waals surface area contributed by atoms with Crippen LogP contribution in [0.3, 0.4) is 0 Å². The Balaban J connectivity index is 2.44. The second-order valence-corrected chi connectivity index (χ2v) is 3.74. The molecule has 0 heterocycles. The molecule has 16 heavy (non-hydrogen) atoms. The van der Waals surface area contributed by atoms with Crippen molar-refractivity contribution in [2.24, 2.45) is 0 Å². The Morgan fingerprint density at radius 2 is 1.94 bits per heavy atom. The van der Waals surface area contributed by atoms with Gasteiger partial charge in [0.25, 0.3) is 0 Å². The summed E-state index contributed by atoms with van der Waals surface area (Å²) in [6.07, 6.45) is 4.37. The van der Waals surface area contributed by atoms with E-state index in [-0.39, 0.29) is 0 Å². The van der Waals surface area contributed by atoms with Gasteiger partial charge in [0.15, 0.2) is 0 Å². The molecule has 0 saturated carbocycles. The summed E-state index contributed by atoms with van der Waals surface area (Å²) in [5.74, 6) is 0.582. The van der Waals surface area contributed by atoms with Crippen molar-refractivity contribution >= 4 is 6.09 Å². The van der Waals surface area contributed by atoms with Crippen LogP contribution in [0.25, 0.3) is 0 Å². The van der Waals surface area contributed by atoms with Gasteiger partial charge in [0, 0.05) is 7.05 Å². The van der Waals surface area contributed by atoms with E-state index >= 15 is 0 Å². The first kappa shape index (κ1) is 12.6. The lowest BCUT2D eigenvalue weighted by atomic mass is 10.1. The average Bonchev–Trinajstić information content (AvgIpc) is 2.31. The molecular weight excluding hydrogens is 202 g/mol. The van der Waals surface area contributed by atoms with E-state index in [1.807, 2.05) is 24.3 Å². The Morgan fingerprint density at radius 1 is 1.25 bits per heavy atom. The van der Waals surface area contributed by atoms with Gasteiger partial charge in [-0.2, -0.15) is 0 Å². The minimum atomic E-state index is -0.432. The van der Waals surface area contributed by atoms with Gasteiger partial charge in [-0.3, -0.25) is 0 Å². The van der Waals surface area contributed by atoms with Gasteiger partial charge in [0.1, 0.15) is 5.75 Å². The molecule has 0 fully saturated rings. The molecule has 0 saturated heterocycles. The number of aryl methyl sites for hydroxylation is 1. The molecule has 1 aromatic rings. The van der Waals surface area contributed by atoms with Gasteiger partial charge in [-0.05, 0) is 30.5 Å². The number of nitrogens with one attached hydrogen (secondary N) is 1. The quantitative estimate of drug-likeness (QED) is 0.776. The summed E-state index contributed by atoms with van der Waals surface area (Å²) in [5.41, 5.74) is 1.29. The van der Waals surface area contributed by atoms with Crippen LogP contribution in [0.4, 0.5) is 4.79 Å². The number of hydrogen-bond donors (Lipinski definition) is 1. The zero-order chi connectivity index (χ0) is 11.8. The summed E-state index contributed by atoms with van der Waals surface area (Å²) in [4.78, 5) is 10.9. The van der Waals surface area contributed by atoms with Crippen LogP contribution in [0.1, 0.15) is 31.7 Å². The molecule has 1 N–H and O–H groups in total. The van der Waals surface area contributed by atoms with Crippen LogP contribution in [0.2, 0.25) is 0 Å². The van der Waals surface area contributed by atoms with Crippen LogP contribution in [0, 0.1) is 0 Å². The lowest BCUT2D eigenvalue weighted by molar-refractivity contribution is 0.203. The van der Waals surface area contributed by atoms with Crippen molar-refractivity contribution in [1.29, 1.82) is 0 Å². The summed E-state index contributed by atoms with van der Waals surface area (Å²) >= 11 is 0. The maximum atomic E-state index is 10.9. The number of benzene rings is 1. The van der Waals surface area contributed by atoms with Crippen LogP contribution in [0.5, 0.6) is 5.75 Å². The number of unbranched alkanes of at least 4 members (excludes halogenated alkanes) is 2. The number of carbonyl (C=O) groups is 1. The molecule has 1 amide bonds. The predicted octanol–water partition coefficient (Wildman–Crippen LogP) is 3.14. The number of carbonyl (C=O) groups excluding carboxylic acids is 1. The molecule has 3 nitrogen and oxygen atoms in total. The Hall–Kier alpha value is -1.51. The standard InChI is InChI=1S/C13H19NO2/c1-3-4-5-6-11-7-9-12(10-8-11)16-13(15)14-2/h7-10H,3-6H2,1-2H3,(H,14,15). The lowest BCUT2D eigenvalue weighted by Gasteiger charge is -2.04. The highest BCUT2D eigenvalue weighted by Gasteiger charge is 2.00. The van der Waals surface area contributed by atoms with Gasteiger partial charge in [0.2, 0.25) is 0 Å². The third-order valence-electron chi connectivity index (χ3n) is 2.41. The van der Waals surface area contributed by atoms with Gasteiger partial charge in [0.05, 0.1) is 0 Å². The van der Waals surface area contributed by atoms with Gasteiger partial charge in [-0.1, -0.05) is 31.9 Å². The Labute approximate surface area is 96.8 Å². The molecule has 1 rings (SSSR count). The van der Waals surface area contributed by atoms with E-state index < -0.39 is 6.09 Å². The highest BCUT2D eigenvalue weighted by atomic mass is 16.5. The van der Waals surface area contributed by atoms with Crippen LogP contribution >= 0.6 is 0 Å². The van der Waals surface area contributed by atoms with Gasteiger partial charge in [-0.25, -0.2) is 4.79 Å². The molecular formula is C13H19NO2. The van der Waals surface area contributed by atoms with E-state index in [1.54, 1.807) is 7.05 Å². The van der Waals surface area contributed by atoms with Crippen LogP contribution < -0.4 is 10.1 Å². The number of rotatable bonds is 5. The van der Waals surface area contributed by atoms with Crippen molar-refractivity contribution in [1.82, 2.24) is 5.32 Å². The van der Waals surface area contributed by atoms with E-state index in [0.29, 0.717) is 5.75 Å². The fourth-order valence-electron chi connectivity index (χ4n) is 1.46. The van der Waals surface area contributed by atoms with E-state index in [4.69, 9.17) is 4.74 Å². The Morgan fingerprint density at radius 3 is 2.50 bits per heavy atom. The smallest absolute Gasteiger partial charge is 0.410 e. The number of hydrogen-bond acceptors (Lipinski definition) is 2. The maximum Gasteiger partial charge on any atom is 0.412 e. The predicted molar refractivity (Wildman–Crippen MR) is 64.8 cm³/mol. The molecule has 0 aliphatic heterocycles. The van der Waals surface area contributed by atoms with Crippen molar-refractivity contribution in [3.8, 4) is 5.75 Å². The number of ether oxygens (including phenoxy) is 1. The fraction of sp³-hybridized carbons (Fsp3) is 0.462. The van der Waals surface area contributed by atoms with Crippen molar-refractivity contribution in [3.63, 3.8) is 0 Å². The van der Waals surface area contributed by atoms with Gasteiger partial charge < -0.3 is 10.1 Å². The number of amides is 1. The third kappa shape index (κ3) is 4.34. The van der Waals surface area contributed by atoms with Crippen molar-refractivity contribution in [2.75, 3.05) is 7.05 Å². The van der Waals surface area contributed by atoms with E-state index in [9.17, 15) is 4.79 Å². The SMILES string of the molecule is CCCCCc1ccc(OC(=O)NC)cc1. The Kier molecular flexibility index (Phi) is 5.40. The summed E-state index contributed by atoms with van der Waals surface area (Å²) in [7, 11) is 1.54. The maximum absolute atomic E-state index is 10.9. The molecule has 0 spiro atoms. The molecule has 0 aromatic heterocycles. The monoisotopic (exact) mass is 221 g/mol. The molecule has 0 atom stereocenters. The van der Waals surface area contributed by atoms with Crippen LogP contribution in [-0.4, -0.2) is 13.1 Å². The minimum Gasteiger partial charge on any atom is -0.410 e. The lowest BCUT2D eigenvalue weighted by Crippen LogP contribution is -2.21. The second-order valence-electron chi connectivity index (χ2n) is 3.74. The fourth-order valence-corrected chi connectivity index (χ4v) is 1.46. The first-order valence-corrected chi connectivity index (χ1v) is 5.74. The average molecular weight is 221 g/mol. The van der Waals surface area contributed by atoms with E-state index in [1.165, 1.54) is 24.8 Å². The highest BCUT2D eigenvalue weighted by Crippen LogP contribution is 2.14. The van der Waals surface area contributed by atoms with Crippen molar-refractivity contribution < 1.29 is 9.53 Å². The first-order chi connectivity index (χ1) is 7.76. The molecule has 0 aliphatic carbocycles. The normalized spacial score (nSPS) is 9.88. The van der Waals surface area contributed by atoms with E-state index in [0.717, 1.165) is 6.42 Å². The van der Waals surface area contributed by atoms with Gasteiger partial charge >= 0.3 is 6.09 Å². The highest BCUT2D eigenvalue weighted by molar-refractivity contribution is 5.69. The summed E-state index contributed by atoms with van der Waals surface area (Å²) in [6.45, 7) is 2.19. The van der Waals surface area contributed by atoms with E-state index in [2.05, 4.69) is 12.2 Å². The van der Waals surface area contributed by atoms with Crippen LogP contribution in [0.15, 0.2) is 24.3 Å². The second kappa shape index (κ2) is 6.88. The molecule has 0 aliphatic rings. The minimum absolute atomic E-state index is 0.432.